The minimum Gasteiger partial charge on any atom is -0.339 e. The Morgan fingerprint density at radius 1 is 1.14 bits per heavy atom. The third-order valence-corrected chi connectivity index (χ3v) is 5.94. The van der Waals surface area contributed by atoms with Gasteiger partial charge in [0, 0.05) is 13.1 Å². The van der Waals surface area contributed by atoms with Crippen LogP contribution in [-0.2, 0) is 11.3 Å². The van der Waals surface area contributed by atoms with Gasteiger partial charge >= 0.3 is 5.13 Å². The molecule has 0 saturated heterocycles. The summed E-state index contributed by atoms with van der Waals surface area (Å²) >= 11 is 1.63. The first-order valence-electron chi connectivity index (χ1n) is 10.5. The summed E-state index contributed by atoms with van der Waals surface area (Å²) in [5, 5.41) is 8.05. The molecule has 1 amide bonds. The molecule has 2 aromatic rings. The maximum atomic E-state index is 13.1. The highest BCUT2D eigenvalue weighted by molar-refractivity contribution is 7.21. The first-order valence-corrected chi connectivity index (χ1v) is 11.3. The summed E-state index contributed by atoms with van der Waals surface area (Å²) in [6.07, 6.45) is 6.48. The van der Waals surface area contributed by atoms with Crippen LogP contribution in [0.4, 0.5) is 10.8 Å². The van der Waals surface area contributed by atoms with Crippen molar-refractivity contribution in [3.8, 4) is 0 Å². The number of nitrogens with one attached hydrogen (secondary N) is 2. The fraction of sp³-hybridized carbons (Fsp3) is 0.619. The summed E-state index contributed by atoms with van der Waals surface area (Å²) in [7, 11) is 0. The number of fused-ring (bicyclic) bond motifs is 1. The zero-order chi connectivity index (χ0) is 20.4. The van der Waals surface area contributed by atoms with Crippen molar-refractivity contribution in [2.45, 2.75) is 65.8 Å². The standard InChI is InChI=1S/C21H33N5OS/c1-4-7-12-23-21-26(18-11-10-17(24-22)15-19(18)28-21)16-20(27)25(13-8-5-2)14-9-6-3/h10-11,15,22H,4-9,12-14,16H2,1-3H3/p+1. The fourth-order valence-corrected chi connectivity index (χ4v) is 4.22. The first kappa shape index (κ1) is 22.3. The number of hydrogen-bond acceptors (Lipinski definition) is 5. The maximum absolute atomic E-state index is 13.1. The second-order valence-corrected chi connectivity index (χ2v) is 8.16. The Morgan fingerprint density at radius 3 is 2.43 bits per heavy atom. The molecule has 0 aliphatic heterocycles. The fourth-order valence-electron chi connectivity index (χ4n) is 3.10. The third-order valence-electron chi connectivity index (χ3n) is 4.83. The van der Waals surface area contributed by atoms with E-state index in [2.05, 4.69) is 35.8 Å². The number of aromatic nitrogens is 1. The van der Waals surface area contributed by atoms with E-state index in [9.17, 15) is 4.79 Å². The number of carbonyl (C=O) groups is 1. The largest absolute Gasteiger partial charge is 0.339 e. The van der Waals surface area contributed by atoms with Gasteiger partial charge in [-0.3, -0.25) is 10.1 Å². The van der Waals surface area contributed by atoms with E-state index in [1.54, 1.807) is 11.3 Å². The molecule has 28 heavy (non-hydrogen) atoms. The molecule has 0 aliphatic carbocycles. The van der Waals surface area contributed by atoms with E-state index in [1.165, 1.54) is 0 Å². The van der Waals surface area contributed by atoms with Crippen LogP contribution in [0.1, 0.15) is 59.3 Å². The Hall–Kier alpha value is -2.02. The Bertz CT molecular complexity index is 765. The smallest absolute Gasteiger partial charge is 0.335 e. The lowest BCUT2D eigenvalue weighted by atomic mass is 10.2. The molecular formula is C21H34N5OS+. The molecule has 0 atom stereocenters. The van der Waals surface area contributed by atoms with Crippen molar-refractivity contribution in [3.05, 3.63) is 18.2 Å². The van der Waals surface area contributed by atoms with Gasteiger partial charge in [-0.05, 0) is 48.8 Å². The Morgan fingerprint density at radius 2 is 1.82 bits per heavy atom. The summed E-state index contributed by atoms with van der Waals surface area (Å²) in [6, 6.07) is 5.73. The minimum atomic E-state index is 0.180. The second-order valence-electron chi connectivity index (χ2n) is 7.13. The van der Waals surface area contributed by atoms with E-state index in [0.717, 1.165) is 73.5 Å². The number of benzene rings is 1. The van der Waals surface area contributed by atoms with Gasteiger partial charge in [-0.2, -0.15) is 5.11 Å². The van der Waals surface area contributed by atoms with E-state index < -0.39 is 0 Å². The number of rotatable bonds is 13. The van der Waals surface area contributed by atoms with Gasteiger partial charge in [-0.15, -0.1) is 0 Å². The number of thiazole rings is 1. The highest BCUT2D eigenvalue weighted by Crippen LogP contribution is 2.28. The minimum absolute atomic E-state index is 0.180. The number of carbonyl (C=O) groups excluding carboxylic acids is 1. The normalized spacial score (nSPS) is 11.0. The molecule has 1 aromatic carbocycles. The molecular weight excluding hydrogens is 370 g/mol. The average molecular weight is 405 g/mol. The molecule has 0 unspecified atom stereocenters. The number of hydrogen-bond donors (Lipinski definition) is 2. The van der Waals surface area contributed by atoms with Crippen molar-refractivity contribution < 1.29 is 9.36 Å². The van der Waals surface area contributed by atoms with Gasteiger partial charge in [0.05, 0.1) is 16.9 Å². The monoisotopic (exact) mass is 404 g/mol. The zero-order valence-corrected chi connectivity index (χ0v) is 18.3. The van der Waals surface area contributed by atoms with Crippen molar-refractivity contribution in [1.82, 2.24) is 4.90 Å². The van der Waals surface area contributed by atoms with Gasteiger partial charge in [-0.25, -0.2) is 10.1 Å². The van der Waals surface area contributed by atoms with Crippen molar-refractivity contribution >= 4 is 38.3 Å². The van der Waals surface area contributed by atoms with Gasteiger partial charge < -0.3 is 4.90 Å². The van der Waals surface area contributed by atoms with E-state index >= 15 is 0 Å². The van der Waals surface area contributed by atoms with Crippen molar-refractivity contribution in [1.29, 1.82) is 5.53 Å². The molecule has 0 radical (unpaired) electrons. The number of anilines is 1. The highest BCUT2D eigenvalue weighted by atomic mass is 32.1. The van der Waals surface area contributed by atoms with E-state index in [4.69, 9.17) is 5.53 Å². The summed E-state index contributed by atoms with van der Waals surface area (Å²) < 4.78 is 3.14. The van der Waals surface area contributed by atoms with Gasteiger partial charge in [0.2, 0.25) is 0 Å². The van der Waals surface area contributed by atoms with Crippen LogP contribution in [0.3, 0.4) is 0 Å². The molecule has 154 valence electrons. The van der Waals surface area contributed by atoms with Crippen LogP contribution in [-0.4, -0.2) is 30.4 Å². The molecule has 2 rings (SSSR count). The zero-order valence-electron chi connectivity index (χ0n) is 17.5. The summed E-state index contributed by atoms with van der Waals surface area (Å²) in [5.41, 5.74) is 8.92. The molecule has 0 fully saturated rings. The molecule has 1 heterocycles. The van der Waals surface area contributed by atoms with Gasteiger partial charge in [-0.1, -0.05) is 40.0 Å². The van der Waals surface area contributed by atoms with Gasteiger partial charge in [0.1, 0.15) is 5.52 Å². The lowest BCUT2D eigenvalue weighted by Crippen LogP contribution is -2.46. The van der Waals surface area contributed by atoms with Crippen molar-refractivity contribution in [2.75, 3.05) is 25.0 Å². The topological polar surface area (TPSA) is 72.4 Å². The molecule has 2 N–H and O–H groups in total. The summed E-state index contributed by atoms with van der Waals surface area (Å²) in [4.78, 5) is 15.1. The number of amides is 1. The highest BCUT2D eigenvalue weighted by Gasteiger charge is 2.23. The molecule has 0 spiro atoms. The predicted octanol–water partition coefficient (Wildman–Crippen LogP) is 5.49. The number of nitrogens with zero attached hydrogens (tertiary/aromatic N) is 3. The Kier molecular flexibility index (Phi) is 9.34. The third kappa shape index (κ3) is 5.99. The van der Waals surface area contributed by atoms with Crippen LogP contribution in [0.15, 0.2) is 23.3 Å². The van der Waals surface area contributed by atoms with Crippen LogP contribution < -0.4 is 9.88 Å². The van der Waals surface area contributed by atoms with E-state index in [1.807, 2.05) is 23.1 Å². The van der Waals surface area contributed by atoms with Crippen molar-refractivity contribution in [2.24, 2.45) is 5.11 Å². The summed E-state index contributed by atoms with van der Waals surface area (Å²) in [6.45, 7) is 9.40. The molecule has 7 heteroatoms. The van der Waals surface area contributed by atoms with Crippen LogP contribution in [0.25, 0.3) is 10.2 Å². The quantitative estimate of drug-likeness (QED) is 0.263. The average Bonchev–Trinajstić information content (AvgIpc) is 3.04. The Labute approximate surface area is 172 Å². The number of unbranched alkanes of at least 4 members (excludes halogenated alkanes) is 3. The second kappa shape index (κ2) is 11.7. The lowest BCUT2D eigenvalue weighted by molar-refractivity contribution is -0.641. The molecule has 0 bridgehead atoms. The van der Waals surface area contributed by atoms with E-state index in [0.29, 0.717) is 12.2 Å². The maximum Gasteiger partial charge on any atom is 0.335 e. The molecule has 6 nitrogen and oxygen atoms in total. The predicted molar refractivity (Wildman–Crippen MR) is 117 cm³/mol. The SMILES string of the molecule is CCCCNc1sc2cc(N=N)ccc2[n+]1CC(=O)N(CCCC)CCCC. The van der Waals surface area contributed by atoms with Crippen molar-refractivity contribution in [3.63, 3.8) is 0 Å². The summed E-state index contributed by atoms with van der Waals surface area (Å²) in [5.74, 6) is 0.180. The van der Waals surface area contributed by atoms with Crippen LogP contribution in [0.5, 0.6) is 0 Å². The van der Waals surface area contributed by atoms with Crippen LogP contribution >= 0.6 is 11.3 Å². The molecule has 0 aliphatic rings. The van der Waals surface area contributed by atoms with Crippen LogP contribution in [0.2, 0.25) is 0 Å². The van der Waals surface area contributed by atoms with Gasteiger partial charge in [0.15, 0.2) is 6.54 Å². The Balaban J connectivity index is 2.29. The van der Waals surface area contributed by atoms with Crippen LogP contribution in [0, 0.1) is 5.53 Å². The molecule has 1 aromatic heterocycles. The van der Waals surface area contributed by atoms with Gasteiger partial charge in [0.25, 0.3) is 5.91 Å². The first-order chi connectivity index (χ1) is 13.6. The van der Waals surface area contributed by atoms with E-state index in [-0.39, 0.29) is 5.91 Å². The molecule has 0 saturated carbocycles. The lowest BCUT2D eigenvalue weighted by Gasteiger charge is -2.21.